The lowest BCUT2D eigenvalue weighted by Crippen LogP contribution is -2.51. The molecule has 0 aliphatic carbocycles. The normalized spacial score (nSPS) is 27.1. The maximum Gasteiger partial charge on any atom is 0.246 e. The number of amides is 2. The van der Waals surface area contributed by atoms with Gasteiger partial charge in [-0.2, -0.15) is 0 Å². The van der Waals surface area contributed by atoms with Crippen LogP contribution in [0.5, 0.6) is 0 Å². The van der Waals surface area contributed by atoms with E-state index >= 15 is 0 Å². The van der Waals surface area contributed by atoms with Gasteiger partial charge in [0.2, 0.25) is 11.8 Å². The van der Waals surface area contributed by atoms with Crippen LogP contribution >= 0.6 is 0 Å². The topological polar surface area (TPSA) is 63.4 Å². The zero-order valence-electron chi connectivity index (χ0n) is 8.40. The minimum atomic E-state index is -0.454. The Morgan fingerprint density at radius 1 is 1.57 bits per heavy atom. The number of likely N-dealkylation sites (tertiary alicyclic amines) is 1. The molecular formula is C10H16N2O2. The summed E-state index contributed by atoms with van der Waals surface area (Å²) in [6.45, 7) is 6.06. The van der Waals surface area contributed by atoms with Crippen molar-refractivity contribution in [1.29, 1.82) is 0 Å². The highest BCUT2D eigenvalue weighted by Crippen LogP contribution is 2.22. The summed E-state index contributed by atoms with van der Waals surface area (Å²) < 4.78 is 0. The third-order valence-corrected chi connectivity index (χ3v) is 2.65. The third-order valence-electron chi connectivity index (χ3n) is 2.65. The molecule has 1 saturated heterocycles. The average molecular weight is 196 g/mol. The summed E-state index contributed by atoms with van der Waals surface area (Å²) in [5.74, 6) is -0.186. The second kappa shape index (κ2) is 4.26. The summed E-state index contributed by atoms with van der Waals surface area (Å²) in [5.41, 5.74) is 5.25. The minimum absolute atomic E-state index is 0.208. The molecule has 0 saturated carbocycles. The zero-order chi connectivity index (χ0) is 10.7. The summed E-state index contributed by atoms with van der Waals surface area (Å²) in [6.07, 6.45) is 2.81. The van der Waals surface area contributed by atoms with E-state index in [2.05, 4.69) is 13.5 Å². The van der Waals surface area contributed by atoms with E-state index in [-0.39, 0.29) is 5.91 Å². The molecule has 1 fully saturated rings. The van der Waals surface area contributed by atoms with Gasteiger partial charge in [0, 0.05) is 6.54 Å². The summed E-state index contributed by atoms with van der Waals surface area (Å²) in [7, 11) is 0. The molecule has 1 heterocycles. The van der Waals surface area contributed by atoms with Gasteiger partial charge in [0.05, 0.1) is 0 Å². The Morgan fingerprint density at radius 2 is 2.21 bits per heavy atom. The van der Waals surface area contributed by atoms with Crippen LogP contribution in [0.1, 0.15) is 19.8 Å². The van der Waals surface area contributed by atoms with Crippen molar-refractivity contribution in [2.45, 2.75) is 25.8 Å². The summed E-state index contributed by atoms with van der Waals surface area (Å²) in [6, 6.07) is -0.454. The fraction of sp³-hybridized carbons (Fsp3) is 0.600. The maximum atomic E-state index is 11.4. The summed E-state index contributed by atoms with van der Waals surface area (Å²) in [4.78, 5) is 24.0. The fourth-order valence-corrected chi connectivity index (χ4v) is 1.79. The number of nitrogens with zero attached hydrogens (tertiary/aromatic N) is 1. The first-order valence-corrected chi connectivity index (χ1v) is 4.78. The number of rotatable bonds is 2. The van der Waals surface area contributed by atoms with Gasteiger partial charge in [-0.1, -0.05) is 13.5 Å². The van der Waals surface area contributed by atoms with Gasteiger partial charge < -0.3 is 10.6 Å². The molecule has 4 nitrogen and oxygen atoms in total. The van der Waals surface area contributed by atoms with Crippen LogP contribution in [0.4, 0.5) is 0 Å². The largest absolute Gasteiger partial charge is 0.368 e. The molecule has 1 rings (SSSR count). The van der Waals surface area contributed by atoms with Gasteiger partial charge in [0.15, 0.2) is 0 Å². The number of hydrogen-bond acceptors (Lipinski definition) is 2. The molecular weight excluding hydrogens is 180 g/mol. The Morgan fingerprint density at radius 3 is 2.71 bits per heavy atom. The molecule has 0 aromatic heterocycles. The zero-order valence-corrected chi connectivity index (χ0v) is 8.40. The van der Waals surface area contributed by atoms with Gasteiger partial charge in [-0.05, 0) is 24.8 Å². The molecule has 0 aromatic carbocycles. The van der Waals surface area contributed by atoms with Gasteiger partial charge >= 0.3 is 0 Å². The molecule has 78 valence electrons. The highest BCUT2D eigenvalue weighted by Gasteiger charge is 2.32. The van der Waals surface area contributed by atoms with Crippen LogP contribution in [0.15, 0.2) is 12.7 Å². The Hall–Kier alpha value is -1.32. The van der Waals surface area contributed by atoms with E-state index in [4.69, 9.17) is 5.73 Å². The second-order valence-corrected chi connectivity index (χ2v) is 3.78. The smallest absolute Gasteiger partial charge is 0.246 e. The predicted molar refractivity (Wildman–Crippen MR) is 53.3 cm³/mol. The van der Waals surface area contributed by atoms with Crippen LogP contribution < -0.4 is 5.73 Å². The van der Waals surface area contributed by atoms with Gasteiger partial charge in [-0.25, -0.2) is 0 Å². The molecule has 0 bridgehead atoms. The van der Waals surface area contributed by atoms with E-state index in [0.29, 0.717) is 18.9 Å². The van der Waals surface area contributed by atoms with Crippen LogP contribution in [0, 0.1) is 5.92 Å². The summed E-state index contributed by atoms with van der Waals surface area (Å²) in [5, 5.41) is 0. The minimum Gasteiger partial charge on any atom is -0.368 e. The van der Waals surface area contributed by atoms with Crippen LogP contribution in [-0.4, -0.2) is 29.3 Å². The van der Waals surface area contributed by atoms with Gasteiger partial charge in [0.25, 0.3) is 0 Å². The Bertz CT molecular complexity index is 263. The number of hydrogen-bond donors (Lipinski definition) is 1. The van der Waals surface area contributed by atoms with E-state index in [9.17, 15) is 9.59 Å². The molecule has 2 unspecified atom stereocenters. The highest BCUT2D eigenvalue weighted by atomic mass is 16.2. The van der Waals surface area contributed by atoms with Gasteiger partial charge in [-0.15, -0.1) is 0 Å². The van der Waals surface area contributed by atoms with Crippen molar-refractivity contribution in [2.75, 3.05) is 6.54 Å². The molecule has 2 atom stereocenters. The molecule has 0 radical (unpaired) electrons. The highest BCUT2D eigenvalue weighted by molar-refractivity contribution is 5.92. The Labute approximate surface area is 83.8 Å². The number of carbonyl (C=O) groups excluding carboxylic acids is 2. The molecule has 4 heteroatoms. The van der Waals surface area contributed by atoms with E-state index in [1.807, 2.05) is 0 Å². The molecule has 0 aromatic rings. The van der Waals surface area contributed by atoms with Crippen molar-refractivity contribution >= 4 is 11.8 Å². The number of nitrogens with two attached hydrogens (primary N) is 1. The van der Waals surface area contributed by atoms with E-state index in [0.717, 1.165) is 6.42 Å². The molecule has 0 spiro atoms. The molecule has 14 heavy (non-hydrogen) atoms. The first-order chi connectivity index (χ1) is 6.56. The number of piperidine rings is 1. The lowest BCUT2D eigenvalue weighted by atomic mass is 9.92. The van der Waals surface area contributed by atoms with E-state index in [1.54, 1.807) is 0 Å². The SMILES string of the molecule is C=CC(=O)N1CCC(C)CC1C(N)=O. The maximum absolute atomic E-state index is 11.4. The first-order valence-electron chi connectivity index (χ1n) is 4.78. The first kappa shape index (κ1) is 10.8. The predicted octanol–water partition coefficient (Wildman–Crippen LogP) is 0.285. The molecule has 1 aliphatic heterocycles. The van der Waals surface area contributed by atoms with Gasteiger partial charge in [-0.3, -0.25) is 9.59 Å². The van der Waals surface area contributed by atoms with Crippen molar-refractivity contribution in [3.8, 4) is 0 Å². The van der Waals surface area contributed by atoms with E-state index in [1.165, 1.54) is 11.0 Å². The quantitative estimate of drug-likeness (QED) is 0.645. The standard InChI is InChI=1S/C10H16N2O2/c1-3-9(13)12-5-4-7(2)6-8(12)10(11)14/h3,7-8H,1,4-6H2,2H3,(H2,11,14). The Balaban J connectivity index is 2.77. The van der Waals surface area contributed by atoms with Crippen molar-refractivity contribution in [1.82, 2.24) is 4.90 Å². The van der Waals surface area contributed by atoms with Crippen LogP contribution in [-0.2, 0) is 9.59 Å². The second-order valence-electron chi connectivity index (χ2n) is 3.78. The number of primary amides is 1. The lowest BCUT2D eigenvalue weighted by molar-refractivity contribution is -0.138. The van der Waals surface area contributed by atoms with Gasteiger partial charge in [0.1, 0.15) is 6.04 Å². The van der Waals surface area contributed by atoms with Crippen molar-refractivity contribution in [3.63, 3.8) is 0 Å². The van der Waals surface area contributed by atoms with Crippen LogP contribution in [0.3, 0.4) is 0 Å². The van der Waals surface area contributed by atoms with Crippen LogP contribution in [0.2, 0.25) is 0 Å². The monoisotopic (exact) mass is 196 g/mol. The fourth-order valence-electron chi connectivity index (χ4n) is 1.79. The Kier molecular flexibility index (Phi) is 3.28. The van der Waals surface area contributed by atoms with Crippen molar-refractivity contribution < 1.29 is 9.59 Å². The van der Waals surface area contributed by atoms with Crippen LogP contribution in [0.25, 0.3) is 0 Å². The van der Waals surface area contributed by atoms with Crippen molar-refractivity contribution in [3.05, 3.63) is 12.7 Å². The molecule has 1 aliphatic rings. The molecule has 2 amide bonds. The lowest BCUT2D eigenvalue weighted by Gasteiger charge is -2.35. The van der Waals surface area contributed by atoms with Crippen molar-refractivity contribution in [2.24, 2.45) is 11.7 Å². The average Bonchev–Trinajstić information content (AvgIpc) is 2.16. The molecule has 2 N–H and O–H groups in total. The third kappa shape index (κ3) is 2.13. The number of carbonyl (C=O) groups is 2. The van der Waals surface area contributed by atoms with E-state index < -0.39 is 11.9 Å². The summed E-state index contributed by atoms with van der Waals surface area (Å²) >= 11 is 0.